The zero-order chi connectivity index (χ0) is 12.7. The van der Waals surface area contributed by atoms with Crippen LogP contribution in [-0.4, -0.2) is 11.0 Å². The Hall–Kier alpha value is -1.61. The van der Waals surface area contributed by atoms with E-state index in [4.69, 9.17) is 0 Å². The number of halogens is 1. The first-order valence-electron chi connectivity index (χ1n) is 5.72. The maximum absolute atomic E-state index is 13.2. The third kappa shape index (κ3) is 1.95. The molecule has 1 aromatic carbocycles. The van der Waals surface area contributed by atoms with Gasteiger partial charge in [0.05, 0.1) is 5.25 Å². The third-order valence-electron chi connectivity index (χ3n) is 3.02. The molecule has 0 amide bonds. The van der Waals surface area contributed by atoms with Crippen LogP contribution in [0.5, 0.6) is 0 Å². The molecule has 1 aliphatic carbocycles. The number of hydrogen-bond donors (Lipinski definition) is 0. The molecule has 0 spiro atoms. The lowest BCUT2D eigenvalue weighted by Gasteiger charge is -2.16. The number of allylic oxidation sites excluding steroid dienone is 4. The van der Waals surface area contributed by atoms with Crippen LogP contribution in [-0.2, 0) is 0 Å². The molecule has 3 heteroatoms. The first-order valence-corrected chi connectivity index (χ1v) is 6.60. The van der Waals surface area contributed by atoms with Gasteiger partial charge in [-0.3, -0.25) is 4.79 Å². The Morgan fingerprint density at radius 1 is 1.28 bits per heavy atom. The highest BCUT2D eigenvalue weighted by molar-refractivity contribution is 8.00. The highest BCUT2D eigenvalue weighted by Gasteiger charge is 2.23. The highest BCUT2D eigenvalue weighted by atomic mass is 32.2. The van der Waals surface area contributed by atoms with E-state index in [9.17, 15) is 9.18 Å². The fourth-order valence-corrected chi connectivity index (χ4v) is 3.27. The molecule has 1 atom stereocenters. The Labute approximate surface area is 109 Å². The molecule has 0 saturated heterocycles. The third-order valence-corrected chi connectivity index (χ3v) is 4.31. The molecule has 0 aromatic heterocycles. The first-order chi connectivity index (χ1) is 8.63. The van der Waals surface area contributed by atoms with Crippen molar-refractivity contribution in [3.05, 3.63) is 65.0 Å². The number of benzene rings is 1. The molecule has 18 heavy (non-hydrogen) atoms. The normalized spacial score (nSPS) is 21.7. The van der Waals surface area contributed by atoms with Crippen molar-refractivity contribution in [2.24, 2.45) is 0 Å². The molecular weight excluding hydrogens is 247 g/mol. The molecule has 1 nitrogen and oxygen atoms in total. The minimum absolute atomic E-state index is 0.117. The van der Waals surface area contributed by atoms with E-state index in [1.807, 2.05) is 19.1 Å². The molecule has 1 aliphatic heterocycles. The van der Waals surface area contributed by atoms with E-state index in [2.05, 4.69) is 6.08 Å². The summed E-state index contributed by atoms with van der Waals surface area (Å²) in [6.45, 7) is 2.00. The van der Waals surface area contributed by atoms with Gasteiger partial charge in [-0.15, -0.1) is 11.8 Å². The van der Waals surface area contributed by atoms with Gasteiger partial charge in [0.2, 0.25) is 0 Å². The largest absolute Gasteiger partial charge is 0.289 e. The van der Waals surface area contributed by atoms with Gasteiger partial charge in [0.1, 0.15) is 5.82 Å². The van der Waals surface area contributed by atoms with Gasteiger partial charge < -0.3 is 0 Å². The minimum atomic E-state index is -0.367. The van der Waals surface area contributed by atoms with E-state index in [0.717, 1.165) is 16.0 Å². The number of ketones is 1. The van der Waals surface area contributed by atoms with Gasteiger partial charge in [-0.05, 0) is 36.8 Å². The summed E-state index contributed by atoms with van der Waals surface area (Å²) in [7, 11) is 0. The molecule has 0 saturated carbocycles. The first kappa shape index (κ1) is 11.5. The van der Waals surface area contributed by atoms with Crippen LogP contribution in [0.2, 0.25) is 0 Å². The second-order valence-corrected chi connectivity index (χ2v) is 5.62. The Morgan fingerprint density at radius 2 is 2.11 bits per heavy atom. The van der Waals surface area contributed by atoms with Crippen LogP contribution in [0.4, 0.5) is 4.39 Å². The van der Waals surface area contributed by atoms with Crippen molar-refractivity contribution in [1.82, 2.24) is 0 Å². The number of carbonyl (C=O) groups is 1. The van der Waals surface area contributed by atoms with Crippen LogP contribution >= 0.6 is 11.8 Å². The molecule has 1 heterocycles. The van der Waals surface area contributed by atoms with Crippen LogP contribution < -0.4 is 0 Å². The fourth-order valence-electron chi connectivity index (χ4n) is 2.14. The minimum Gasteiger partial charge on any atom is -0.289 e. The van der Waals surface area contributed by atoms with Gasteiger partial charge in [-0.2, -0.15) is 0 Å². The van der Waals surface area contributed by atoms with Gasteiger partial charge in [-0.1, -0.05) is 23.8 Å². The standard InChI is InChI=1S/C15H11FOS/c1-9-2-4-14-10(6-9)7-13(17)12-8-11(16)3-5-15(12)18-14/h2-8,14H,1H3. The second kappa shape index (κ2) is 4.25. The van der Waals surface area contributed by atoms with Crippen molar-refractivity contribution in [2.45, 2.75) is 17.1 Å². The van der Waals surface area contributed by atoms with E-state index in [0.29, 0.717) is 5.56 Å². The maximum Gasteiger partial charge on any atom is 0.187 e. The van der Waals surface area contributed by atoms with Crippen LogP contribution in [0.1, 0.15) is 17.3 Å². The number of carbonyl (C=O) groups excluding carboxylic acids is 1. The number of rotatable bonds is 0. The SMILES string of the molecule is CC1=CC2=CC(=O)c3cc(F)ccc3SC2C=C1. The predicted octanol–water partition coefficient (Wildman–Crippen LogP) is 3.93. The van der Waals surface area contributed by atoms with Crippen molar-refractivity contribution in [2.75, 3.05) is 0 Å². The lowest BCUT2D eigenvalue weighted by atomic mass is 10.00. The average molecular weight is 258 g/mol. The van der Waals surface area contributed by atoms with Crippen molar-refractivity contribution in [1.29, 1.82) is 0 Å². The van der Waals surface area contributed by atoms with Gasteiger partial charge >= 0.3 is 0 Å². The van der Waals surface area contributed by atoms with Gasteiger partial charge in [-0.25, -0.2) is 4.39 Å². The summed E-state index contributed by atoms with van der Waals surface area (Å²) < 4.78 is 13.2. The summed E-state index contributed by atoms with van der Waals surface area (Å²) in [5.41, 5.74) is 2.57. The predicted molar refractivity (Wildman–Crippen MR) is 71.4 cm³/mol. The molecule has 0 radical (unpaired) electrons. The summed E-state index contributed by atoms with van der Waals surface area (Å²) in [5.74, 6) is -0.484. The smallest absolute Gasteiger partial charge is 0.187 e. The second-order valence-electron chi connectivity index (χ2n) is 4.43. The Kier molecular flexibility index (Phi) is 2.71. The molecular formula is C15H11FOS. The summed E-state index contributed by atoms with van der Waals surface area (Å²) in [6.07, 6.45) is 7.76. The van der Waals surface area contributed by atoms with E-state index in [1.165, 1.54) is 12.1 Å². The molecule has 1 unspecified atom stereocenters. The summed E-state index contributed by atoms with van der Waals surface area (Å²) in [5, 5.41) is 0.143. The van der Waals surface area contributed by atoms with Crippen molar-refractivity contribution in [3.8, 4) is 0 Å². The average Bonchev–Trinajstić information content (AvgIpc) is 2.46. The Morgan fingerprint density at radius 3 is 2.94 bits per heavy atom. The lowest BCUT2D eigenvalue weighted by molar-refractivity contribution is 0.104. The zero-order valence-corrected chi connectivity index (χ0v) is 10.6. The monoisotopic (exact) mass is 258 g/mol. The molecule has 0 N–H and O–H groups in total. The van der Waals surface area contributed by atoms with E-state index in [-0.39, 0.29) is 16.9 Å². The van der Waals surface area contributed by atoms with E-state index in [1.54, 1.807) is 23.9 Å². The maximum atomic E-state index is 13.2. The van der Waals surface area contributed by atoms with Crippen LogP contribution in [0.3, 0.4) is 0 Å². The van der Waals surface area contributed by atoms with Crippen LogP contribution in [0, 0.1) is 5.82 Å². The van der Waals surface area contributed by atoms with Crippen molar-refractivity contribution in [3.63, 3.8) is 0 Å². The van der Waals surface area contributed by atoms with Crippen molar-refractivity contribution >= 4 is 17.5 Å². The molecule has 2 aliphatic rings. The van der Waals surface area contributed by atoms with Crippen LogP contribution in [0.25, 0.3) is 0 Å². The van der Waals surface area contributed by atoms with E-state index < -0.39 is 0 Å². The summed E-state index contributed by atoms with van der Waals surface area (Å²) in [4.78, 5) is 13.0. The topological polar surface area (TPSA) is 17.1 Å². The Bertz CT molecular complexity index is 625. The fraction of sp³-hybridized carbons (Fsp3) is 0.133. The highest BCUT2D eigenvalue weighted by Crippen LogP contribution is 2.37. The Balaban J connectivity index is 2.12. The number of thioether (sulfide) groups is 1. The number of hydrogen-bond acceptors (Lipinski definition) is 2. The zero-order valence-electron chi connectivity index (χ0n) is 9.81. The molecule has 0 fully saturated rings. The van der Waals surface area contributed by atoms with E-state index >= 15 is 0 Å². The van der Waals surface area contributed by atoms with Gasteiger partial charge in [0.15, 0.2) is 5.78 Å². The van der Waals surface area contributed by atoms with Crippen LogP contribution in [0.15, 0.2) is 58.5 Å². The molecule has 1 aromatic rings. The molecule has 90 valence electrons. The summed E-state index contributed by atoms with van der Waals surface area (Å²) in [6, 6.07) is 4.40. The quantitative estimate of drug-likeness (QED) is 0.701. The molecule has 0 bridgehead atoms. The number of fused-ring (bicyclic) bond motifs is 2. The lowest BCUT2D eigenvalue weighted by Crippen LogP contribution is -2.04. The summed E-state index contributed by atoms with van der Waals surface area (Å²) >= 11 is 1.59. The van der Waals surface area contributed by atoms with Gasteiger partial charge in [0, 0.05) is 10.5 Å². The van der Waals surface area contributed by atoms with Gasteiger partial charge in [0.25, 0.3) is 0 Å². The molecule has 3 rings (SSSR count). The van der Waals surface area contributed by atoms with Crippen molar-refractivity contribution < 1.29 is 9.18 Å².